The largest absolute Gasteiger partial charge is 0.484 e. The van der Waals surface area contributed by atoms with E-state index >= 15 is 0 Å². The molecule has 0 bridgehead atoms. The fourth-order valence-electron chi connectivity index (χ4n) is 2.43. The summed E-state index contributed by atoms with van der Waals surface area (Å²) in [5.41, 5.74) is 4.13. The Hall–Kier alpha value is -2.62. The van der Waals surface area contributed by atoms with E-state index in [2.05, 4.69) is 38.4 Å². The van der Waals surface area contributed by atoms with Crippen LogP contribution in [0.5, 0.6) is 5.75 Å². The summed E-state index contributed by atoms with van der Waals surface area (Å²) in [6.07, 6.45) is 1.48. The van der Waals surface area contributed by atoms with Gasteiger partial charge >= 0.3 is 0 Å². The summed E-state index contributed by atoms with van der Waals surface area (Å²) in [5.74, 6) is -0.167. The van der Waals surface area contributed by atoms with Crippen molar-refractivity contribution in [1.29, 1.82) is 0 Å². The average molecular weight is 568 g/mol. The zero-order valence-electron chi connectivity index (χ0n) is 15.9. The van der Waals surface area contributed by atoms with Crippen LogP contribution in [0.3, 0.4) is 0 Å². The first-order valence-electron chi connectivity index (χ1n) is 8.97. The Morgan fingerprint density at radius 3 is 2.39 bits per heavy atom. The van der Waals surface area contributed by atoms with Crippen molar-refractivity contribution in [1.82, 2.24) is 5.43 Å². The van der Waals surface area contributed by atoms with Crippen LogP contribution in [0.1, 0.15) is 15.9 Å². The predicted octanol–water partition coefficient (Wildman–Crippen LogP) is 5.38. The Morgan fingerprint density at radius 1 is 1.00 bits per heavy atom. The van der Waals surface area contributed by atoms with Gasteiger partial charge in [-0.3, -0.25) is 9.59 Å². The van der Waals surface area contributed by atoms with Gasteiger partial charge in [0, 0.05) is 14.3 Å². The van der Waals surface area contributed by atoms with Crippen molar-refractivity contribution in [2.45, 2.75) is 0 Å². The first-order chi connectivity index (χ1) is 14.9. The van der Waals surface area contributed by atoms with Crippen LogP contribution in [0, 0.1) is 3.57 Å². The molecule has 0 aliphatic rings. The average Bonchev–Trinajstić information content (AvgIpc) is 2.75. The predicted molar refractivity (Wildman–Crippen MR) is 131 cm³/mol. The molecule has 0 spiro atoms. The van der Waals surface area contributed by atoms with Crippen molar-refractivity contribution < 1.29 is 14.3 Å². The van der Waals surface area contributed by atoms with E-state index in [1.54, 1.807) is 30.3 Å². The molecule has 0 saturated carbocycles. The van der Waals surface area contributed by atoms with Crippen molar-refractivity contribution in [3.63, 3.8) is 0 Å². The highest BCUT2D eigenvalue weighted by atomic mass is 127. The Bertz CT molecular complexity index is 1100. The lowest BCUT2D eigenvalue weighted by atomic mass is 10.2. The zero-order chi connectivity index (χ0) is 22.2. The van der Waals surface area contributed by atoms with Gasteiger partial charge in [-0.25, -0.2) is 5.43 Å². The smallest absolute Gasteiger partial charge is 0.272 e. The lowest BCUT2D eigenvalue weighted by Crippen LogP contribution is -2.20. The van der Waals surface area contributed by atoms with E-state index in [1.807, 2.05) is 24.3 Å². The second-order valence-electron chi connectivity index (χ2n) is 6.24. The van der Waals surface area contributed by atoms with E-state index in [0.717, 1.165) is 9.13 Å². The van der Waals surface area contributed by atoms with Crippen molar-refractivity contribution in [3.05, 3.63) is 91.5 Å². The Balaban J connectivity index is 1.47. The number of rotatable bonds is 7. The van der Waals surface area contributed by atoms with Crippen LogP contribution in [-0.4, -0.2) is 24.6 Å². The van der Waals surface area contributed by atoms with Crippen LogP contribution in [-0.2, 0) is 4.79 Å². The summed E-state index contributed by atoms with van der Waals surface area (Å²) >= 11 is 14.0. The van der Waals surface area contributed by atoms with E-state index < -0.39 is 5.91 Å². The fourth-order valence-corrected chi connectivity index (χ4v) is 3.28. The van der Waals surface area contributed by atoms with E-state index in [4.69, 9.17) is 27.9 Å². The molecule has 0 aliphatic heterocycles. The summed E-state index contributed by atoms with van der Waals surface area (Å²) in [5, 5.41) is 7.37. The number of amides is 2. The number of ether oxygens (including phenoxy) is 1. The highest BCUT2D eigenvalue weighted by Crippen LogP contribution is 2.20. The number of hydrogen-bond donors (Lipinski definition) is 2. The molecule has 2 N–H and O–H groups in total. The molecule has 0 radical (unpaired) electrons. The maximum absolute atomic E-state index is 12.1. The van der Waals surface area contributed by atoms with Gasteiger partial charge in [-0.1, -0.05) is 23.2 Å². The molecule has 0 atom stereocenters. The first-order valence-corrected chi connectivity index (χ1v) is 10.8. The van der Waals surface area contributed by atoms with Crippen molar-refractivity contribution in [2.24, 2.45) is 5.10 Å². The molecule has 0 saturated heterocycles. The number of halogens is 3. The van der Waals surface area contributed by atoms with Crippen LogP contribution >= 0.6 is 45.8 Å². The molecule has 0 aromatic heterocycles. The maximum Gasteiger partial charge on any atom is 0.272 e. The molecule has 3 aromatic carbocycles. The summed E-state index contributed by atoms with van der Waals surface area (Å²) in [6, 6.07) is 19.0. The maximum atomic E-state index is 12.1. The third-order valence-corrected chi connectivity index (χ3v) is 5.20. The van der Waals surface area contributed by atoms with Gasteiger partial charge in [0.15, 0.2) is 6.61 Å². The number of carbonyl (C=O) groups excluding carboxylic acids is 2. The number of nitrogens with zero attached hydrogens (tertiary/aromatic N) is 1. The van der Waals surface area contributed by atoms with Crippen LogP contribution < -0.4 is 15.5 Å². The van der Waals surface area contributed by atoms with Gasteiger partial charge in [0.1, 0.15) is 5.75 Å². The highest BCUT2D eigenvalue weighted by Gasteiger charge is 2.09. The summed E-state index contributed by atoms with van der Waals surface area (Å²) < 4.78 is 6.58. The number of benzene rings is 3. The van der Waals surface area contributed by atoms with Crippen molar-refractivity contribution in [3.8, 4) is 5.75 Å². The van der Waals surface area contributed by atoms with Crippen LogP contribution in [0.15, 0.2) is 71.8 Å². The van der Waals surface area contributed by atoms with Gasteiger partial charge in [-0.15, -0.1) is 0 Å². The molecule has 0 unspecified atom stereocenters. The van der Waals surface area contributed by atoms with Crippen LogP contribution in [0.25, 0.3) is 0 Å². The third kappa shape index (κ3) is 7.23. The second kappa shape index (κ2) is 11.1. The van der Waals surface area contributed by atoms with E-state index in [9.17, 15) is 9.59 Å². The van der Waals surface area contributed by atoms with Gasteiger partial charge in [-0.05, 0) is 94.9 Å². The van der Waals surface area contributed by atoms with Gasteiger partial charge in [0.2, 0.25) is 0 Å². The molecule has 3 rings (SSSR count). The lowest BCUT2D eigenvalue weighted by Gasteiger charge is -2.08. The second-order valence-corrected chi connectivity index (χ2v) is 8.33. The molecule has 6 nitrogen and oxygen atoms in total. The molecule has 0 fully saturated rings. The molecule has 31 heavy (non-hydrogen) atoms. The Morgan fingerprint density at radius 2 is 1.71 bits per heavy atom. The summed E-state index contributed by atoms with van der Waals surface area (Å²) in [6.45, 7) is -0.114. The van der Waals surface area contributed by atoms with E-state index in [0.29, 0.717) is 16.5 Å². The Kier molecular flexibility index (Phi) is 8.27. The first kappa shape index (κ1) is 23.1. The monoisotopic (exact) mass is 567 g/mol. The van der Waals surface area contributed by atoms with Gasteiger partial charge in [0.25, 0.3) is 11.8 Å². The van der Waals surface area contributed by atoms with Crippen molar-refractivity contribution in [2.75, 3.05) is 11.9 Å². The zero-order valence-corrected chi connectivity index (χ0v) is 19.6. The number of nitrogens with one attached hydrogen (secondary N) is 2. The molecule has 158 valence electrons. The van der Waals surface area contributed by atoms with Gasteiger partial charge < -0.3 is 10.1 Å². The minimum atomic E-state index is -0.447. The third-order valence-electron chi connectivity index (χ3n) is 3.93. The topological polar surface area (TPSA) is 79.8 Å². The molecule has 3 aromatic rings. The van der Waals surface area contributed by atoms with Gasteiger partial charge in [0.05, 0.1) is 16.8 Å². The normalized spacial score (nSPS) is 10.7. The van der Waals surface area contributed by atoms with Crippen molar-refractivity contribution >= 4 is 69.5 Å². The Labute approximate surface area is 202 Å². The quantitative estimate of drug-likeness (QED) is 0.228. The molecule has 0 heterocycles. The van der Waals surface area contributed by atoms with Crippen LogP contribution in [0.2, 0.25) is 10.0 Å². The standard InChI is InChI=1S/C22H16Cl2IN3O3/c23-15-3-10-19(20(24)11-15)22(30)28-26-12-14-1-8-18(9-2-14)31-13-21(29)27-17-6-4-16(25)5-7-17/h1-12H,13H2,(H,27,29)(H,28,30)/b26-12-. The molecule has 2 amide bonds. The minimum absolute atomic E-state index is 0.114. The lowest BCUT2D eigenvalue weighted by molar-refractivity contribution is -0.118. The molecule has 0 aliphatic carbocycles. The van der Waals surface area contributed by atoms with E-state index in [1.165, 1.54) is 18.3 Å². The molecular formula is C22H16Cl2IN3O3. The summed E-state index contributed by atoms with van der Waals surface area (Å²) in [7, 11) is 0. The van der Waals surface area contributed by atoms with Gasteiger partial charge in [-0.2, -0.15) is 5.10 Å². The fraction of sp³-hybridized carbons (Fsp3) is 0.0455. The highest BCUT2D eigenvalue weighted by molar-refractivity contribution is 14.1. The SMILES string of the molecule is O=C(COc1ccc(/C=N\NC(=O)c2ccc(Cl)cc2Cl)cc1)Nc1ccc(I)cc1. The molecular weight excluding hydrogens is 552 g/mol. The number of anilines is 1. The van der Waals surface area contributed by atoms with Crippen LogP contribution in [0.4, 0.5) is 5.69 Å². The van der Waals surface area contributed by atoms with E-state index in [-0.39, 0.29) is 23.1 Å². The molecule has 9 heteroatoms. The number of hydrogen-bond acceptors (Lipinski definition) is 4. The minimum Gasteiger partial charge on any atom is -0.484 e. The number of carbonyl (C=O) groups is 2. The number of hydrazone groups is 1. The summed E-state index contributed by atoms with van der Waals surface area (Å²) in [4.78, 5) is 24.1.